The van der Waals surface area contributed by atoms with E-state index in [-0.39, 0.29) is 5.91 Å². The zero-order chi connectivity index (χ0) is 16.8. The van der Waals surface area contributed by atoms with Gasteiger partial charge in [0.05, 0.1) is 0 Å². The molecule has 1 saturated heterocycles. The van der Waals surface area contributed by atoms with Crippen molar-refractivity contribution in [1.82, 2.24) is 10.2 Å². The molecule has 0 atom stereocenters. The number of hydrogen-bond donors (Lipinski definition) is 1. The van der Waals surface area contributed by atoms with Crippen molar-refractivity contribution in [2.75, 3.05) is 19.6 Å². The summed E-state index contributed by atoms with van der Waals surface area (Å²) >= 11 is 0. The summed E-state index contributed by atoms with van der Waals surface area (Å²) < 4.78 is 0. The van der Waals surface area contributed by atoms with Crippen LogP contribution in [0.25, 0.3) is 6.08 Å². The third-order valence-corrected chi connectivity index (χ3v) is 5.43. The number of likely N-dealkylation sites (tertiary alicyclic amines) is 1. The molecule has 1 heterocycles. The number of hydrogen-bond acceptors (Lipinski definition) is 2. The lowest BCUT2D eigenvalue weighted by Crippen LogP contribution is -2.45. The molecule has 130 valence electrons. The van der Waals surface area contributed by atoms with E-state index in [4.69, 9.17) is 0 Å². The zero-order valence-electron chi connectivity index (χ0n) is 14.8. The first-order valence-corrected chi connectivity index (χ1v) is 9.46. The van der Waals surface area contributed by atoms with Gasteiger partial charge in [0.15, 0.2) is 0 Å². The fraction of sp³-hybridized carbons (Fsp3) is 0.571. The van der Waals surface area contributed by atoms with E-state index in [1.54, 1.807) is 6.08 Å². The van der Waals surface area contributed by atoms with E-state index in [2.05, 4.69) is 29.3 Å². The fourth-order valence-electron chi connectivity index (χ4n) is 3.92. The van der Waals surface area contributed by atoms with Crippen molar-refractivity contribution in [3.8, 4) is 0 Å². The lowest BCUT2D eigenvalue weighted by atomic mass is 10.0. The highest BCUT2D eigenvalue weighted by Crippen LogP contribution is 2.26. The molecular weight excluding hydrogens is 296 g/mol. The van der Waals surface area contributed by atoms with Gasteiger partial charge in [-0.15, -0.1) is 0 Å². The van der Waals surface area contributed by atoms with Crippen molar-refractivity contribution in [2.24, 2.45) is 5.92 Å². The van der Waals surface area contributed by atoms with Gasteiger partial charge in [0.1, 0.15) is 0 Å². The fourth-order valence-corrected chi connectivity index (χ4v) is 3.92. The minimum Gasteiger partial charge on any atom is -0.350 e. The molecule has 0 spiro atoms. The summed E-state index contributed by atoms with van der Waals surface area (Å²) in [6.07, 6.45) is 11.4. The molecule has 1 saturated carbocycles. The first-order valence-electron chi connectivity index (χ1n) is 9.46. The molecule has 24 heavy (non-hydrogen) atoms. The predicted molar refractivity (Wildman–Crippen MR) is 99.8 cm³/mol. The summed E-state index contributed by atoms with van der Waals surface area (Å²) in [6, 6.07) is 8.55. The van der Waals surface area contributed by atoms with E-state index >= 15 is 0 Å². The van der Waals surface area contributed by atoms with Crippen LogP contribution in [0.2, 0.25) is 0 Å². The summed E-state index contributed by atoms with van der Waals surface area (Å²) in [7, 11) is 0. The van der Waals surface area contributed by atoms with Crippen LogP contribution in [-0.4, -0.2) is 36.5 Å². The number of nitrogens with one attached hydrogen (secondary N) is 1. The number of nitrogens with zero attached hydrogens (tertiary/aromatic N) is 1. The maximum absolute atomic E-state index is 12.1. The van der Waals surface area contributed by atoms with Gasteiger partial charge >= 0.3 is 0 Å². The Morgan fingerprint density at radius 2 is 1.79 bits per heavy atom. The van der Waals surface area contributed by atoms with Crippen molar-refractivity contribution in [3.63, 3.8) is 0 Å². The van der Waals surface area contributed by atoms with Gasteiger partial charge in [-0.3, -0.25) is 4.79 Å². The Morgan fingerprint density at radius 1 is 1.12 bits per heavy atom. The Hall–Kier alpha value is -1.61. The summed E-state index contributed by atoms with van der Waals surface area (Å²) in [6.45, 7) is 5.60. The van der Waals surface area contributed by atoms with Crippen LogP contribution in [0.15, 0.2) is 30.3 Å². The van der Waals surface area contributed by atoms with Crippen molar-refractivity contribution in [3.05, 3.63) is 41.5 Å². The number of benzene rings is 1. The van der Waals surface area contributed by atoms with Crippen LogP contribution in [0, 0.1) is 12.8 Å². The monoisotopic (exact) mass is 326 g/mol. The summed E-state index contributed by atoms with van der Waals surface area (Å²) in [5.41, 5.74) is 2.31. The number of rotatable bonds is 5. The normalized spacial score (nSPS) is 20.7. The molecule has 1 aliphatic carbocycles. The second kappa shape index (κ2) is 8.48. The molecular formula is C21H30N2O. The molecule has 1 aromatic carbocycles. The van der Waals surface area contributed by atoms with Gasteiger partial charge in [-0.1, -0.05) is 42.7 Å². The second-order valence-corrected chi connectivity index (χ2v) is 7.48. The summed E-state index contributed by atoms with van der Waals surface area (Å²) in [4.78, 5) is 14.7. The Labute approximate surface area is 146 Å². The van der Waals surface area contributed by atoms with Gasteiger partial charge in [0.2, 0.25) is 5.91 Å². The van der Waals surface area contributed by atoms with Crippen LogP contribution < -0.4 is 5.32 Å². The maximum Gasteiger partial charge on any atom is 0.244 e. The first-order chi connectivity index (χ1) is 11.7. The Morgan fingerprint density at radius 3 is 2.46 bits per heavy atom. The zero-order valence-corrected chi connectivity index (χ0v) is 14.8. The molecule has 2 fully saturated rings. The lowest BCUT2D eigenvalue weighted by Gasteiger charge is -2.33. The van der Waals surface area contributed by atoms with Crippen molar-refractivity contribution >= 4 is 12.0 Å². The third kappa shape index (κ3) is 5.20. The highest BCUT2D eigenvalue weighted by molar-refractivity contribution is 5.91. The van der Waals surface area contributed by atoms with E-state index < -0.39 is 0 Å². The van der Waals surface area contributed by atoms with Gasteiger partial charge in [0.25, 0.3) is 0 Å². The molecule has 2 aliphatic rings. The SMILES string of the molecule is Cc1ccc(/C=C/C(=O)NC2CCN(CC3CCCC3)CC2)cc1. The number of aryl methyl sites for hydroxylation is 1. The van der Waals surface area contributed by atoms with Crippen LogP contribution >= 0.6 is 0 Å². The third-order valence-electron chi connectivity index (χ3n) is 5.43. The Kier molecular flexibility index (Phi) is 6.08. The molecule has 0 radical (unpaired) electrons. The van der Waals surface area contributed by atoms with E-state index in [9.17, 15) is 4.79 Å². The first kappa shape index (κ1) is 17.2. The van der Waals surface area contributed by atoms with Crippen LogP contribution in [0.4, 0.5) is 0 Å². The van der Waals surface area contributed by atoms with Crippen LogP contribution in [0.1, 0.15) is 49.7 Å². The van der Waals surface area contributed by atoms with Crippen LogP contribution in [-0.2, 0) is 4.79 Å². The molecule has 3 nitrogen and oxygen atoms in total. The smallest absolute Gasteiger partial charge is 0.244 e. The topological polar surface area (TPSA) is 32.3 Å². The molecule has 0 unspecified atom stereocenters. The van der Waals surface area contributed by atoms with Gasteiger partial charge in [0, 0.05) is 31.8 Å². The largest absolute Gasteiger partial charge is 0.350 e. The van der Waals surface area contributed by atoms with E-state index in [1.165, 1.54) is 37.8 Å². The molecule has 1 aromatic rings. The van der Waals surface area contributed by atoms with Crippen molar-refractivity contribution in [2.45, 2.75) is 51.5 Å². The second-order valence-electron chi connectivity index (χ2n) is 7.48. The Balaban J connectivity index is 1.38. The van der Waals surface area contributed by atoms with E-state index in [0.29, 0.717) is 6.04 Å². The van der Waals surface area contributed by atoms with Crippen LogP contribution in [0.3, 0.4) is 0 Å². The number of piperidine rings is 1. The molecule has 0 aromatic heterocycles. The van der Waals surface area contributed by atoms with Gasteiger partial charge in [-0.2, -0.15) is 0 Å². The summed E-state index contributed by atoms with van der Waals surface area (Å²) in [5, 5.41) is 3.16. The van der Waals surface area contributed by atoms with E-state index in [0.717, 1.165) is 37.4 Å². The lowest BCUT2D eigenvalue weighted by molar-refractivity contribution is -0.117. The minimum absolute atomic E-state index is 0.0322. The van der Waals surface area contributed by atoms with Crippen molar-refractivity contribution in [1.29, 1.82) is 0 Å². The van der Waals surface area contributed by atoms with Crippen molar-refractivity contribution < 1.29 is 4.79 Å². The molecule has 1 N–H and O–H groups in total. The van der Waals surface area contributed by atoms with Gasteiger partial charge in [-0.05, 0) is 50.2 Å². The standard InChI is InChI=1S/C21H30N2O/c1-17-6-8-18(9-7-17)10-11-21(24)22-20-12-14-23(15-13-20)16-19-4-2-3-5-19/h6-11,19-20H,2-5,12-16H2,1H3,(H,22,24)/b11-10+. The van der Waals surface area contributed by atoms with E-state index in [1.807, 2.05) is 18.2 Å². The summed E-state index contributed by atoms with van der Waals surface area (Å²) in [5.74, 6) is 0.957. The molecule has 3 heteroatoms. The average Bonchev–Trinajstić information content (AvgIpc) is 3.09. The number of carbonyl (C=O) groups is 1. The van der Waals surface area contributed by atoms with Gasteiger partial charge in [-0.25, -0.2) is 0 Å². The Bertz CT molecular complexity index is 550. The average molecular weight is 326 g/mol. The number of carbonyl (C=O) groups excluding carboxylic acids is 1. The minimum atomic E-state index is 0.0322. The molecule has 1 aliphatic heterocycles. The quantitative estimate of drug-likeness (QED) is 0.835. The molecule has 3 rings (SSSR count). The molecule has 0 bridgehead atoms. The highest BCUT2D eigenvalue weighted by Gasteiger charge is 2.23. The number of amides is 1. The predicted octanol–water partition coefficient (Wildman–Crippen LogP) is 3.78. The highest BCUT2D eigenvalue weighted by atomic mass is 16.1. The molecule has 1 amide bonds. The van der Waals surface area contributed by atoms with Gasteiger partial charge < -0.3 is 10.2 Å². The van der Waals surface area contributed by atoms with Crippen LogP contribution in [0.5, 0.6) is 0 Å². The maximum atomic E-state index is 12.1.